The molecule has 0 heterocycles. The van der Waals surface area contributed by atoms with Crippen LogP contribution in [0.3, 0.4) is 0 Å². The van der Waals surface area contributed by atoms with E-state index in [1.165, 1.54) is 6.92 Å². The van der Waals surface area contributed by atoms with Gasteiger partial charge in [0, 0.05) is 12.5 Å². The van der Waals surface area contributed by atoms with Gasteiger partial charge in [0.2, 0.25) is 0 Å². The minimum absolute atomic E-state index is 0.0194. The van der Waals surface area contributed by atoms with Crippen molar-refractivity contribution in [1.82, 2.24) is 0 Å². The number of aliphatic hydroxyl groups excluding tert-OH is 1. The average Bonchev–Trinajstić information content (AvgIpc) is 2.22. The first-order chi connectivity index (χ1) is 7.54. The van der Waals surface area contributed by atoms with Crippen LogP contribution in [0.25, 0.3) is 0 Å². The maximum Gasteiger partial charge on any atom is 0.133 e. The van der Waals surface area contributed by atoms with Crippen molar-refractivity contribution in [2.24, 2.45) is 5.92 Å². The molecule has 0 aliphatic rings. The summed E-state index contributed by atoms with van der Waals surface area (Å²) in [6.07, 6.45) is 1.07. The Morgan fingerprint density at radius 1 is 1.38 bits per heavy atom. The molecule has 2 nitrogen and oxygen atoms in total. The van der Waals surface area contributed by atoms with Gasteiger partial charge in [0.1, 0.15) is 5.78 Å². The molecule has 1 rings (SSSR count). The van der Waals surface area contributed by atoms with Crippen LogP contribution in [0.1, 0.15) is 18.9 Å². The van der Waals surface area contributed by atoms with Gasteiger partial charge in [-0.25, -0.2) is 0 Å². The van der Waals surface area contributed by atoms with Crippen molar-refractivity contribution in [3.8, 4) is 0 Å². The first-order valence-corrected chi connectivity index (χ1v) is 5.85. The van der Waals surface area contributed by atoms with E-state index < -0.39 is 0 Å². The SMILES string of the molecule is CC(=O)C(CCO)Cc1ccc(Cl)c(Cl)c1. The van der Waals surface area contributed by atoms with E-state index in [-0.39, 0.29) is 18.3 Å². The van der Waals surface area contributed by atoms with Crippen LogP contribution in [-0.2, 0) is 11.2 Å². The maximum atomic E-state index is 11.3. The fourth-order valence-corrected chi connectivity index (χ4v) is 1.88. The Kier molecular flexibility index (Phi) is 5.26. The molecule has 88 valence electrons. The Hall–Kier alpha value is -0.570. The van der Waals surface area contributed by atoms with Crippen LogP contribution in [0.2, 0.25) is 10.0 Å². The lowest BCUT2D eigenvalue weighted by atomic mass is 9.93. The van der Waals surface area contributed by atoms with Gasteiger partial charge in [-0.2, -0.15) is 0 Å². The van der Waals surface area contributed by atoms with Gasteiger partial charge in [0.25, 0.3) is 0 Å². The summed E-state index contributed by atoms with van der Waals surface area (Å²) in [6.45, 7) is 1.56. The number of hydrogen-bond donors (Lipinski definition) is 1. The topological polar surface area (TPSA) is 37.3 Å². The number of halogens is 2. The molecule has 0 radical (unpaired) electrons. The highest BCUT2D eigenvalue weighted by atomic mass is 35.5. The maximum absolute atomic E-state index is 11.3. The third-order valence-corrected chi connectivity index (χ3v) is 3.26. The second-order valence-electron chi connectivity index (χ2n) is 3.77. The first kappa shape index (κ1) is 13.5. The van der Waals surface area contributed by atoms with E-state index >= 15 is 0 Å². The molecule has 16 heavy (non-hydrogen) atoms. The number of carbonyl (C=O) groups is 1. The predicted octanol–water partition coefficient (Wildman–Crippen LogP) is 3.12. The van der Waals surface area contributed by atoms with E-state index in [1.807, 2.05) is 6.07 Å². The number of Topliss-reactive ketones (excluding diaryl/α,β-unsaturated/α-hetero) is 1. The van der Waals surface area contributed by atoms with Gasteiger partial charge in [-0.3, -0.25) is 4.79 Å². The van der Waals surface area contributed by atoms with E-state index in [2.05, 4.69) is 0 Å². The molecule has 0 saturated heterocycles. The Morgan fingerprint density at radius 2 is 2.06 bits per heavy atom. The zero-order valence-electron chi connectivity index (χ0n) is 9.04. The fourth-order valence-electron chi connectivity index (χ4n) is 1.56. The molecule has 4 heteroatoms. The fraction of sp³-hybridized carbons (Fsp3) is 0.417. The zero-order chi connectivity index (χ0) is 12.1. The predicted molar refractivity (Wildman–Crippen MR) is 66.0 cm³/mol. The van der Waals surface area contributed by atoms with E-state index in [9.17, 15) is 4.79 Å². The Morgan fingerprint density at radius 3 is 2.56 bits per heavy atom. The second-order valence-corrected chi connectivity index (χ2v) is 4.59. The Labute approximate surface area is 105 Å². The number of aliphatic hydroxyl groups is 1. The molecule has 1 aromatic carbocycles. The van der Waals surface area contributed by atoms with Crippen LogP contribution in [0.5, 0.6) is 0 Å². The molecule has 1 aromatic rings. The van der Waals surface area contributed by atoms with Crippen molar-refractivity contribution < 1.29 is 9.90 Å². The zero-order valence-corrected chi connectivity index (χ0v) is 10.6. The van der Waals surface area contributed by atoms with Gasteiger partial charge >= 0.3 is 0 Å². The highest BCUT2D eigenvalue weighted by molar-refractivity contribution is 6.42. The normalized spacial score (nSPS) is 12.5. The lowest BCUT2D eigenvalue weighted by molar-refractivity contribution is -0.121. The smallest absolute Gasteiger partial charge is 0.133 e. The minimum atomic E-state index is -0.151. The van der Waals surface area contributed by atoms with Crippen molar-refractivity contribution in [2.45, 2.75) is 19.8 Å². The molecule has 0 spiro atoms. The number of hydrogen-bond acceptors (Lipinski definition) is 2. The molecule has 1 unspecified atom stereocenters. The number of ketones is 1. The van der Waals surface area contributed by atoms with Gasteiger partial charge in [0.15, 0.2) is 0 Å². The molecule has 0 saturated carbocycles. The summed E-state index contributed by atoms with van der Waals surface area (Å²) in [5.41, 5.74) is 0.961. The van der Waals surface area contributed by atoms with E-state index in [0.29, 0.717) is 22.9 Å². The number of benzene rings is 1. The van der Waals surface area contributed by atoms with Gasteiger partial charge in [-0.1, -0.05) is 29.3 Å². The average molecular weight is 261 g/mol. The van der Waals surface area contributed by atoms with Crippen LogP contribution < -0.4 is 0 Å². The van der Waals surface area contributed by atoms with Crippen LogP contribution in [0, 0.1) is 5.92 Å². The summed E-state index contributed by atoms with van der Waals surface area (Å²) >= 11 is 11.7. The van der Waals surface area contributed by atoms with Crippen LogP contribution in [0.15, 0.2) is 18.2 Å². The molecule has 0 aromatic heterocycles. The van der Waals surface area contributed by atoms with E-state index in [0.717, 1.165) is 5.56 Å². The lowest BCUT2D eigenvalue weighted by Crippen LogP contribution is -2.15. The third-order valence-electron chi connectivity index (χ3n) is 2.52. The standard InChI is InChI=1S/C12H14Cl2O2/c1-8(16)10(4-5-15)6-9-2-3-11(13)12(14)7-9/h2-3,7,10,15H,4-6H2,1H3. The monoisotopic (exact) mass is 260 g/mol. The number of carbonyl (C=O) groups excluding carboxylic acids is 1. The Balaban J connectivity index is 2.77. The molecular weight excluding hydrogens is 247 g/mol. The molecule has 1 atom stereocenters. The lowest BCUT2D eigenvalue weighted by Gasteiger charge is -2.12. The highest BCUT2D eigenvalue weighted by Gasteiger charge is 2.14. The Bertz CT molecular complexity index is 377. The summed E-state index contributed by atoms with van der Waals surface area (Å²) < 4.78 is 0. The summed E-state index contributed by atoms with van der Waals surface area (Å²) in [5, 5.41) is 9.86. The summed E-state index contributed by atoms with van der Waals surface area (Å²) in [5.74, 6) is -0.0673. The van der Waals surface area contributed by atoms with Crippen molar-refractivity contribution >= 4 is 29.0 Å². The second kappa shape index (κ2) is 6.24. The van der Waals surface area contributed by atoms with Crippen molar-refractivity contribution in [1.29, 1.82) is 0 Å². The quantitative estimate of drug-likeness (QED) is 0.884. The van der Waals surface area contributed by atoms with Crippen LogP contribution in [0.4, 0.5) is 0 Å². The van der Waals surface area contributed by atoms with Gasteiger partial charge in [-0.15, -0.1) is 0 Å². The van der Waals surface area contributed by atoms with E-state index in [1.54, 1.807) is 12.1 Å². The van der Waals surface area contributed by atoms with Gasteiger partial charge in [0.05, 0.1) is 10.0 Å². The molecule has 0 bridgehead atoms. The molecule has 0 fully saturated rings. The van der Waals surface area contributed by atoms with Gasteiger partial charge in [-0.05, 0) is 37.5 Å². The third kappa shape index (κ3) is 3.78. The van der Waals surface area contributed by atoms with Crippen LogP contribution in [-0.4, -0.2) is 17.5 Å². The highest BCUT2D eigenvalue weighted by Crippen LogP contribution is 2.24. The van der Waals surface area contributed by atoms with Gasteiger partial charge < -0.3 is 5.11 Å². The first-order valence-electron chi connectivity index (χ1n) is 5.10. The molecule has 0 amide bonds. The summed E-state index contributed by atoms with van der Waals surface area (Å²) in [6, 6.07) is 5.33. The van der Waals surface area contributed by atoms with Crippen molar-refractivity contribution in [2.75, 3.05) is 6.61 Å². The minimum Gasteiger partial charge on any atom is -0.396 e. The molecular formula is C12H14Cl2O2. The van der Waals surface area contributed by atoms with Crippen LogP contribution >= 0.6 is 23.2 Å². The largest absolute Gasteiger partial charge is 0.396 e. The number of rotatable bonds is 5. The molecule has 1 N–H and O–H groups in total. The summed E-state index contributed by atoms with van der Waals surface area (Å²) in [4.78, 5) is 11.3. The van der Waals surface area contributed by atoms with Crippen molar-refractivity contribution in [3.63, 3.8) is 0 Å². The summed E-state index contributed by atoms with van der Waals surface area (Å²) in [7, 11) is 0. The van der Waals surface area contributed by atoms with Crippen molar-refractivity contribution in [3.05, 3.63) is 33.8 Å². The molecule has 0 aliphatic carbocycles. The van der Waals surface area contributed by atoms with E-state index in [4.69, 9.17) is 28.3 Å². The molecule has 0 aliphatic heterocycles.